The van der Waals surface area contributed by atoms with Crippen LogP contribution in [-0.2, 0) is 13.0 Å². The van der Waals surface area contributed by atoms with Gasteiger partial charge in [-0.1, -0.05) is 18.2 Å². The van der Waals surface area contributed by atoms with Gasteiger partial charge in [0.05, 0.1) is 0 Å². The predicted octanol–water partition coefficient (Wildman–Crippen LogP) is 4.07. The zero-order valence-corrected chi connectivity index (χ0v) is 16.1. The van der Waals surface area contributed by atoms with Gasteiger partial charge in [-0.05, 0) is 48.4 Å². The lowest BCUT2D eigenvalue weighted by molar-refractivity contribution is 0.684. The van der Waals surface area contributed by atoms with Gasteiger partial charge in [0, 0.05) is 36.7 Å². The third-order valence-electron chi connectivity index (χ3n) is 4.12. The van der Waals surface area contributed by atoms with Gasteiger partial charge in [0.25, 0.3) is 0 Å². The summed E-state index contributed by atoms with van der Waals surface area (Å²) < 4.78 is 0. The molecule has 4 aromatic rings. The molecule has 0 saturated heterocycles. The van der Waals surface area contributed by atoms with Crippen LogP contribution in [0.1, 0.15) is 11.1 Å². The molecular weight excluding hydrogens is 368 g/mol. The molecule has 0 aliphatic rings. The van der Waals surface area contributed by atoms with Crippen LogP contribution in [0.4, 0.5) is 11.6 Å². The number of hydrogen-bond donors (Lipinski definition) is 2. The molecular formula is C21H20N6S. The lowest BCUT2D eigenvalue weighted by Gasteiger charge is -2.08. The van der Waals surface area contributed by atoms with Gasteiger partial charge in [-0.15, -0.1) is 11.3 Å². The maximum Gasteiger partial charge on any atom is 0.141 e. The highest BCUT2D eigenvalue weighted by atomic mass is 32.1. The van der Waals surface area contributed by atoms with Crippen molar-refractivity contribution < 1.29 is 0 Å². The molecule has 0 saturated carbocycles. The minimum absolute atomic E-state index is 0.752. The van der Waals surface area contributed by atoms with E-state index in [4.69, 9.17) is 0 Å². The lowest BCUT2D eigenvalue weighted by atomic mass is 10.2. The number of nitrogens with zero attached hydrogens (tertiary/aromatic N) is 4. The molecule has 0 fully saturated rings. The van der Waals surface area contributed by atoms with Crippen LogP contribution in [0.5, 0.6) is 0 Å². The fraction of sp³-hybridized carbons (Fsp3) is 0.143. The Morgan fingerprint density at radius 3 is 2.64 bits per heavy atom. The number of aromatic nitrogens is 4. The molecule has 0 aliphatic carbocycles. The van der Waals surface area contributed by atoms with Crippen molar-refractivity contribution >= 4 is 23.0 Å². The first-order chi connectivity index (χ1) is 13.9. The Hall–Kier alpha value is -3.16. The molecule has 140 valence electrons. The van der Waals surface area contributed by atoms with E-state index in [9.17, 15) is 0 Å². The van der Waals surface area contributed by atoms with E-state index in [1.807, 2.05) is 48.1 Å². The average Bonchev–Trinajstić information content (AvgIpc) is 3.28. The van der Waals surface area contributed by atoms with Gasteiger partial charge in [-0.3, -0.25) is 4.98 Å². The minimum Gasteiger partial charge on any atom is -0.325 e. The average molecular weight is 389 g/mol. The number of nitrogens with one attached hydrogen (secondary N) is 2. The van der Waals surface area contributed by atoms with Crippen molar-refractivity contribution in [3.8, 4) is 10.7 Å². The van der Waals surface area contributed by atoms with E-state index >= 15 is 0 Å². The zero-order chi connectivity index (χ0) is 19.0. The largest absolute Gasteiger partial charge is 0.325 e. The first kappa shape index (κ1) is 18.2. The van der Waals surface area contributed by atoms with Gasteiger partial charge in [-0.25, -0.2) is 15.0 Å². The molecule has 0 radical (unpaired) electrons. The Morgan fingerprint density at radius 1 is 0.857 bits per heavy atom. The summed E-state index contributed by atoms with van der Waals surface area (Å²) in [4.78, 5) is 17.5. The maximum atomic E-state index is 4.60. The molecule has 0 amide bonds. The molecule has 4 rings (SSSR count). The molecule has 0 unspecified atom stereocenters. The summed E-state index contributed by atoms with van der Waals surface area (Å²) >= 11 is 1.57. The second kappa shape index (κ2) is 9.16. The normalized spacial score (nSPS) is 10.7. The van der Waals surface area contributed by atoms with E-state index in [1.54, 1.807) is 23.7 Å². The van der Waals surface area contributed by atoms with E-state index in [0.29, 0.717) is 0 Å². The fourth-order valence-corrected chi connectivity index (χ4v) is 3.33. The van der Waals surface area contributed by atoms with Crippen molar-refractivity contribution in [2.45, 2.75) is 13.0 Å². The van der Waals surface area contributed by atoms with Crippen molar-refractivity contribution in [3.05, 3.63) is 83.8 Å². The number of thiazole rings is 1. The maximum absolute atomic E-state index is 4.60. The van der Waals surface area contributed by atoms with Crippen molar-refractivity contribution in [1.29, 1.82) is 0 Å². The monoisotopic (exact) mass is 388 g/mol. The van der Waals surface area contributed by atoms with E-state index in [-0.39, 0.29) is 0 Å². The lowest BCUT2D eigenvalue weighted by Crippen LogP contribution is -2.16. The summed E-state index contributed by atoms with van der Waals surface area (Å²) in [6.07, 6.45) is 8.32. The Labute approximate surface area is 167 Å². The van der Waals surface area contributed by atoms with Gasteiger partial charge in [0.15, 0.2) is 0 Å². The quantitative estimate of drug-likeness (QED) is 0.443. The molecule has 6 nitrogen and oxygen atoms in total. The molecule has 2 N–H and O–H groups in total. The highest BCUT2D eigenvalue weighted by Crippen LogP contribution is 2.22. The third kappa shape index (κ3) is 4.97. The Kier molecular flexibility index (Phi) is 5.96. The van der Waals surface area contributed by atoms with Crippen LogP contribution in [0.2, 0.25) is 0 Å². The molecule has 0 aliphatic heterocycles. The molecule has 28 heavy (non-hydrogen) atoms. The summed E-state index contributed by atoms with van der Waals surface area (Å²) in [6, 6.07) is 13.9. The first-order valence-corrected chi connectivity index (χ1v) is 9.93. The van der Waals surface area contributed by atoms with Crippen molar-refractivity contribution in [2.75, 3.05) is 11.9 Å². The zero-order valence-electron chi connectivity index (χ0n) is 15.2. The van der Waals surface area contributed by atoms with Gasteiger partial charge < -0.3 is 10.6 Å². The molecule has 0 bridgehead atoms. The third-order valence-corrected chi connectivity index (χ3v) is 4.92. The van der Waals surface area contributed by atoms with Gasteiger partial charge in [-0.2, -0.15) is 0 Å². The first-order valence-electron chi connectivity index (χ1n) is 9.05. The van der Waals surface area contributed by atoms with Gasteiger partial charge in [0.1, 0.15) is 22.3 Å². The molecule has 4 aromatic heterocycles. The van der Waals surface area contributed by atoms with Crippen LogP contribution >= 0.6 is 11.3 Å². The van der Waals surface area contributed by atoms with Crippen LogP contribution in [0.3, 0.4) is 0 Å². The Balaban J connectivity index is 1.29. The fourth-order valence-electron chi connectivity index (χ4n) is 2.72. The number of rotatable bonds is 8. The van der Waals surface area contributed by atoms with Crippen LogP contribution in [0, 0.1) is 0 Å². The SMILES string of the molecule is c1cncc(CCNCc2ccc(Nc3cccc(-c4nccs4)n3)nc2)c1. The summed E-state index contributed by atoms with van der Waals surface area (Å²) in [5, 5.41) is 9.54. The molecule has 7 heteroatoms. The van der Waals surface area contributed by atoms with E-state index in [1.165, 1.54) is 5.56 Å². The smallest absolute Gasteiger partial charge is 0.141 e. The van der Waals surface area contributed by atoms with Crippen molar-refractivity contribution in [1.82, 2.24) is 25.3 Å². The molecule has 4 heterocycles. The summed E-state index contributed by atoms with van der Waals surface area (Å²) in [6.45, 7) is 1.69. The van der Waals surface area contributed by atoms with Crippen molar-refractivity contribution in [3.63, 3.8) is 0 Å². The predicted molar refractivity (Wildman–Crippen MR) is 113 cm³/mol. The second-order valence-corrected chi connectivity index (χ2v) is 7.10. The highest BCUT2D eigenvalue weighted by molar-refractivity contribution is 7.13. The second-order valence-electron chi connectivity index (χ2n) is 6.21. The number of anilines is 2. The van der Waals surface area contributed by atoms with Crippen LogP contribution < -0.4 is 10.6 Å². The molecule has 0 aromatic carbocycles. The number of hydrogen-bond acceptors (Lipinski definition) is 7. The molecule has 0 spiro atoms. The minimum atomic E-state index is 0.752. The summed E-state index contributed by atoms with van der Waals surface area (Å²) in [5.74, 6) is 1.52. The van der Waals surface area contributed by atoms with Crippen LogP contribution in [0.25, 0.3) is 10.7 Å². The van der Waals surface area contributed by atoms with E-state index < -0.39 is 0 Å². The molecule has 0 atom stereocenters. The number of pyridine rings is 3. The van der Waals surface area contributed by atoms with Crippen molar-refractivity contribution in [2.24, 2.45) is 0 Å². The topological polar surface area (TPSA) is 75.6 Å². The van der Waals surface area contributed by atoms with E-state index in [2.05, 4.69) is 42.7 Å². The Morgan fingerprint density at radius 2 is 1.86 bits per heavy atom. The van der Waals surface area contributed by atoms with E-state index in [0.717, 1.165) is 47.4 Å². The van der Waals surface area contributed by atoms with Gasteiger partial charge >= 0.3 is 0 Å². The van der Waals surface area contributed by atoms with Crippen LogP contribution in [-0.4, -0.2) is 26.5 Å². The summed E-state index contributed by atoms with van der Waals surface area (Å²) in [5.41, 5.74) is 3.23. The Bertz CT molecular complexity index is 987. The standard InChI is InChI=1S/C21H20N6S/c1-4-18(21-24-11-12-28-21)26-20(5-1)27-19-7-6-17(15-25-19)14-23-10-8-16-3-2-9-22-13-16/h1-7,9,11-13,15,23H,8,10,14H2,(H,25,26,27). The summed E-state index contributed by atoms with van der Waals surface area (Å²) in [7, 11) is 0. The van der Waals surface area contributed by atoms with Gasteiger partial charge in [0.2, 0.25) is 0 Å². The van der Waals surface area contributed by atoms with Crippen LogP contribution in [0.15, 0.2) is 72.6 Å². The highest BCUT2D eigenvalue weighted by Gasteiger charge is 2.04.